The molecule has 7 heteroatoms. The highest BCUT2D eigenvalue weighted by atomic mass is 16.2. The van der Waals surface area contributed by atoms with Crippen molar-refractivity contribution in [3.63, 3.8) is 0 Å². The zero-order chi connectivity index (χ0) is 15.8. The molecule has 2 amide bonds. The van der Waals surface area contributed by atoms with E-state index in [1.807, 2.05) is 0 Å². The summed E-state index contributed by atoms with van der Waals surface area (Å²) in [5, 5.41) is 0. The summed E-state index contributed by atoms with van der Waals surface area (Å²) in [6.07, 6.45) is 6.33. The Hall–Kier alpha value is -2.83. The van der Waals surface area contributed by atoms with Crippen LogP contribution in [0.25, 0.3) is 0 Å². The highest BCUT2D eigenvalue weighted by Crippen LogP contribution is 2.35. The number of anilines is 1. The van der Waals surface area contributed by atoms with Gasteiger partial charge in [0.15, 0.2) is 0 Å². The fourth-order valence-corrected chi connectivity index (χ4v) is 3.34. The van der Waals surface area contributed by atoms with E-state index in [1.165, 1.54) is 6.33 Å². The molecule has 0 bridgehead atoms. The fraction of sp³-hybridized carbons (Fsp3) is 0.312. The van der Waals surface area contributed by atoms with Gasteiger partial charge in [0.05, 0.1) is 24.0 Å². The first-order valence-corrected chi connectivity index (χ1v) is 7.51. The molecular formula is C16H15N5O2. The molecule has 0 spiro atoms. The van der Waals surface area contributed by atoms with Crippen molar-refractivity contribution in [3.05, 3.63) is 48.8 Å². The van der Waals surface area contributed by atoms with Gasteiger partial charge in [-0.15, -0.1) is 0 Å². The van der Waals surface area contributed by atoms with Crippen molar-refractivity contribution in [2.75, 3.05) is 24.5 Å². The monoisotopic (exact) mass is 309 g/mol. The van der Waals surface area contributed by atoms with Gasteiger partial charge in [0.1, 0.15) is 12.0 Å². The smallest absolute Gasteiger partial charge is 0.272 e. The second-order valence-electron chi connectivity index (χ2n) is 5.84. The summed E-state index contributed by atoms with van der Waals surface area (Å²) in [6.45, 7) is 1.63. The minimum absolute atomic E-state index is 0.0427. The van der Waals surface area contributed by atoms with Gasteiger partial charge < -0.3 is 9.80 Å². The van der Waals surface area contributed by atoms with E-state index < -0.39 is 0 Å². The Bertz CT molecular complexity index is 737. The van der Waals surface area contributed by atoms with Crippen LogP contribution in [0.1, 0.15) is 10.5 Å². The van der Waals surface area contributed by atoms with E-state index in [4.69, 9.17) is 0 Å². The maximum absolute atomic E-state index is 12.6. The van der Waals surface area contributed by atoms with Crippen molar-refractivity contribution in [1.29, 1.82) is 0 Å². The fourth-order valence-electron chi connectivity index (χ4n) is 3.34. The molecule has 0 aliphatic carbocycles. The Balaban J connectivity index is 1.49. The van der Waals surface area contributed by atoms with Crippen molar-refractivity contribution in [1.82, 2.24) is 19.9 Å². The second kappa shape index (κ2) is 5.42. The number of amides is 2. The predicted octanol–water partition coefficient (Wildman–Crippen LogP) is 0.607. The van der Waals surface area contributed by atoms with E-state index in [9.17, 15) is 9.59 Å². The van der Waals surface area contributed by atoms with Gasteiger partial charge in [-0.3, -0.25) is 14.6 Å². The Morgan fingerprint density at radius 1 is 1.13 bits per heavy atom. The van der Waals surface area contributed by atoms with E-state index in [0.29, 0.717) is 25.3 Å². The lowest BCUT2D eigenvalue weighted by atomic mass is 10.0. The van der Waals surface area contributed by atoms with Crippen molar-refractivity contribution in [2.45, 2.75) is 0 Å². The largest absolute Gasteiger partial charge is 0.336 e. The van der Waals surface area contributed by atoms with Crippen LogP contribution in [0.15, 0.2) is 43.1 Å². The third-order valence-corrected chi connectivity index (χ3v) is 4.47. The minimum Gasteiger partial charge on any atom is -0.336 e. The van der Waals surface area contributed by atoms with Crippen LogP contribution >= 0.6 is 0 Å². The number of pyridine rings is 1. The topological polar surface area (TPSA) is 79.3 Å². The number of aromatic nitrogens is 3. The molecule has 116 valence electrons. The molecule has 4 rings (SSSR count). The number of carbonyl (C=O) groups is 2. The summed E-state index contributed by atoms with van der Waals surface area (Å²) in [5.74, 6) is -0.0678. The van der Waals surface area contributed by atoms with E-state index in [2.05, 4.69) is 15.0 Å². The maximum Gasteiger partial charge on any atom is 0.272 e. The molecule has 0 N–H and O–H groups in total. The first kappa shape index (κ1) is 13.8. The van der Waals surface area contributed by atoms with Crippen LogP contribution in [0.2, 0.25) is 0 Å². The van der Waals surface area contributed by atoms with Crippen LogP contribution in [0.5, 0.6) is 0 Å². The molecule has 2 aliphatic rings. The normalized spacial score (nSPS) is 23.2. The lowest BCUT2D eigenvalue weighted by Crippen LogP contribution is -2.36. The van der Waals surface area contributed by atoms with Gasteiger partial charge in [-0.2, -0.15) is 0 Å². The van der Waals surface area contributed by atoms with E-state index in [0.717, 1.165) is 5.69 Å². The number of hydrogen-bond acceptors (Lipinski definition) is 5. The molecular weight excluding hydrogens is 294 g/mol. The molecule has 2 fully saturated rings. The van der Waals surface area contributed by atoms with E-state index in [1.54, 1.807) is 46.6 Å². The number of rotatable bonds is 2. The number of nitrogens with zero attached hydrogens (tertiary/aromatic N) is 5. The molecule has 2 aromatic rings. The van der Waals surface area contributed by atoms with Crippen LogP contribution in [-0.2, 0) is 4.79 Å². The Morgan fingerprint density at radius 3 is 2.65 bits per heavy atom. The van der Waals surface area contributed by atoms with Crippen LogP contribution in [0.4, 0.5) is 5.69 Å². The molecule has 0 unspecified atom stereocenters. The zero-order valence-corrected chi connectivity index (χ0v) is 12.4. The summed E-state index contributed by atoms with van der Waals surface area (Å²) < 4.78 is 0. The van der Waals surface area contributed by atoms with Gasteiger partial charge in [-0.05, 0) is 12.1 Å². The van der Waals surface area contributed by atoms with E-state index >= 15 is 0 Å². The second-order valence-corrected chi connectivity index (χ2v) is 5.84. The molecule has 2 aromatic heterocycles. The van der Waals surface area contributed by atoms with E-state index in [-0.39, 0.29) is 23.7 Å². The lowest BCUT2D eigenvalue weighted by Gasteiger charge is -2.21. The van der Waals surface area contributed by atoms with Crippen LogP contribution in [0.3, 0.4) is 0 Å². The highest BCUT2D eigenvalue weighted by molar-refractivity contribution is 5.99. The Kier molecular flexibility index (Phi) is 3.25. The van der Waals surface area contributed by atoms with Crippen molar-refractivity contribution < 1.29 is 9.59 Å². The molecule has 4 heterocycles. The quantitative estimate of drug-likeness (QED) is 0.812. The van der Waals surface area contributed by atoms with Crippen LogP contribution in [-0.4, -0.2) is 51.3 Å². The van der Waals surface area contributed by atoms with Crippen molar-refractivity contribution >= 4 is 17.5 Å². The molecule has 0 radical (unpaired) electrons. The SMILES string of the molecule is O=C(c1ccccn1)N1C[C@H]2CN(c3cncnc3)C(=O)[C@H]2C1. The molecule has 2 atom stereocenters. The molecule has 0 saturated carbocycles. The van der Waals surface area contributed by atoms with Gasteiger partial charge in [0.2, 0.25) is 5.91 Å². The van der Waals surface area contributed by atoms with Crippen molar-refractivity contribution in [2.24, 2.45) is 11.8 Å². The standard InChI is InChI=1S/C16H15N5O2/c22-15-13-9-20(16(23)14-3-1-2-4-19-14)7-11(13)8-21(15)12-5-17-10-18-6-12/h1-6,10-11,13H,7-9H2/t11-,13-/m0/s1. The Morgan fingerprint density at radius 2 is 1.96 bits per heavy atom. The summed E-state index contributed by atoms with van der Waals surface area (Å²) in [7, 11) is 0. The number of hydrogen-bond donors (Lipinski definition) is 0. The summed E-state index contributed by atoms with van der Waals surface area (Å²) >= 11 is 0. The van der Waals surface area contributed by atoms with Gasteiger partial charge in [-0.1, -0.05) is 6.07 Å². The zero-order valence-electron chi connectivity index (χ0n) is 12.4. The lowest BCUT2D eigenvalue weighted by molar-refractivity contribution is -0.120. The average Bonchev–Trinajstić information content (AvgIpc) is 3.16. The van der Waals surface area contributed by atoms with Gasteiger partial charge in [-0.25, -0.2) is 9.97 Å². The highest BCUT2D eigenvalue weighted by Gasteiger charge is 2.48. The van der Waals surface area contributed by atoms with Crippen LogP contribution in [0, 0.1) is 11.8 Å². The molecule has 2 aliphatic heterocycles. The maximum atomic E-state index is 12.6. The minimum atomic E-state index is -0.150. The Labute approximate surface area is 133 Å². The number of likely N-dealkylation sites (tertiary alicyclic amines) is 1. The van der Waals surface area contributed by atoms with Gasteiger partial charge in [0.25, 0.3) is 5.91 Å². The summed E-state index contributed by atoms with van der Waals surface area (Å²) in [6, 6.07) is 5.27. The predicted molar refractivity (Wildman–Crippen MR) is 81.5 cm³/mol. The third-order valence-electron chi connectivity index (χ3n) is 4.47. The third kappa shape index (κ3) is 2.34. The first-order chi connectivity index (χ1) is 11.2. The summed E-state index contributed by atoms with van der Waals surface area (Å²) in [5.41, 5.74) is 1.14. The molecule has 23 heavy (non-hydrogen) atoms. The average molecular weight is 309 g/mol. The summed E-state index contributed by atoms with van der Waals surface area (Å²) in [4.78, 5) is 40.5. The molecule has 2 saturated heterocycles. The van der Waals surface area contributed by atoms with Gasteiger partial charge in [0, 0.05) is 31.7 Å². The number of carbonyl (C=O) groups excluding carboxylic acids is 2. The molecule has 0 aromatic carbocycles. The van der Waals surface area contributed by atoms with Gasteiger partial charge >= 0.3 is 0 Å². The van der Waals surface area contributed by atoms with Crippen molar-refractivity contribution in [3.8, 4) is 0 Å². The number of fused-ring (bicyclic) bond motifs is 1. The molecule has 7 nitrogen and oxygen atoms in total. The first-order valence-electron chi connectivity index (χ1n) is 7.51. The van der Waals surface area contributed by atoms with Crippen LogP contribution < -0.4 is 4.90 Å².